The number of H-pyrrole nitrogens is 6. The van der Waals surface area contributed by atoms with Gasteiger partial charge in [-0.2, -0.15) is 0 Å². The molecule has 0 amide bonds. The van der Waals surface area contributed by atoms with Gasteiger partial charge in [-0.3, -0.25) is 0 Å². The van der Waals surface area contributed by atoms with Crippen molar-refractivity contribution in [2.75, 3.05) is 0 Å². The largest absolute Gasteiger partial charge is 0.352 e. The molecule has 8 nitrogen and oxygen atoms in total. The molecule has 2 aliphatic rings. The Morgan fingerprint density at radius 1 is 0.196 bits per heavy atom. The lowest BCUT2D eigenvalue weighted by atomic mass is 10.0. The Morgan fingerprint density at radius 3 is 0.482 bits per heavy atom. The fraction of sp³-hybridized carbons (Fsp3) is 0.333. The average molecular weight is 743 g/mol. The summed E-state index contributed by atoms with van der Waals surface area (Å²) in [6.07, 6.45) is 0. The van der Waals surface area contributed by atoms with Gasteiger partial charge < -0.3 is 29.9 Å². The van der Waals surface area contributed by atoms with E-state index in [1.54, 1.807) is 0 Å². The summed E-state index contributed by atoms with van der Waals surface area (Å²) < 4.78 is 0. The summed E-state index contributed by atoms with van der Waals surface area (Å²) in [6.45, 7) is 35.5. The van der Waals surface area contributed by atoms with Crippen molar-refractivity contribution in [1.82, 2.24) is 39.9 Å². The Bertz CT molecular complexity index is 2860. The molecule has 0 saturated carbocycles. The highest BCUT2D eigenvalue weighted by Gasteiger charge is 2.25. The molecule has 0 radical (unpaired) electrons. The molecule has 0 atom stereocenters. The Hall–Kier alpha value is -5.76. The van der Waals surface area contributed by atoms with E-state index in [-0.39, 0.29) is 0 Å². The third-order valence-corrected chi connectivity index (χ3v) is 14.3. The van der Waals surface area contributed by atoms with Crippen molar-refractivity contribution in [3.63, 3.8) is 0 Å². The van der Waals surface area contributed by atoms with Crippen molar-refractivity contribution in [2.24, 2.45) is 0 Å². The topological polar surface area (TPSA) is 121 Å². The van der Waals surface area contributed by atoms with Gasteiger partial charge >= 0.3 is 0 Å². The predicted octanol–water partition coefficient (Wildman–Crippen LogP) is 13.0. The van der Waals surface area contributed by atoms with Gasteiger partial charge in [-0.15, -0.1) is 0 Å². The smallest absolute Gasteiger partial charge is 0.0908 e. The predicted molar refractivity (Wildman–Crippen MR) is 239 cm³/mol. The van der Waals surface area contributed by atoms with Crippen molar-refractivity contribution in [1.29, 1.82) is 0 Å². The fourth-order valence-electron chi connectivity index (χ4n) is 9.32. The van der Waals surface area contributed by atoms with Crippen molar-refractivity contribution in [3.05, 3.63) is 89.5 Å². The molecule has 0 fully saturated rings. The zero-order valence-corrected chi connectivity index (χ0v) is 35.9. The molecule has 7 aromatic rings. The zero-order valence-electron chi connectivity index (χ0n) is 35.9. The van der Waals surface area contributed by atoms with Crippen LogP contribution < -0.4 is 0 Å². The number of fused-ring (bicyclic) bond motifs is 24. The Morgan fingerprint density at radius 2 is 0.321 bits per heavy atom. The van der Waals surface area contributed by atoms with Crippen molar-refractivity contribution >= 4 is 88.5 Å². The summed E-state index contributed by atoms with van der Waals surface area (Å²) >= 11 is 0. The molecule has 0 saturated heterocycles. The minimum absolute atomic E-state index is 1.00. The summed E-state index contributed by atoms with van der Waals surface area (Å²) in [5.41, 5.74) is 36.6. The molecule has 9 heterocycles. The lowest BCUT2D eigenvalue weighted by Crippen LogP contribution is -1.84. The van der Waals surface area contributed by atoms with Crippen LogP contribution in [-0.2, 0) is 0 Å². The van der Waals surface area contributed by atoms with E-state index < -0.39 is 0 Å². The molecule has 9 rings (SSSR count). The Balaban J connectivity index is 1.53. The van der Waals surface area contributed by atoms with E-state index in [0.29, 0.717) is 0 Å². The van der Waals surface area contributed by atoms with Crippen molar-refractivity contribution < 1.29 is 0 Å². The maximum Gasteiger partial charge on any atom is 0.0908 e. The van der Waals surface area contributed by atoms with E-state index in [2.05, 4.69) is 141 Å². The number of hydrogen-bond acceptors (Lipinski definition) is 2. The average Bonchev–Trinajstić information content (AvgIpc) is 4.04. The number of nitrogens with zero attached hydrogens (tertiary/aromatic N) is 2. The second-order valence-electron chi connectivity index (χ2n) is 16.9. The fourth-order valence-corrected chi connectivity index (χ4v) is 9.32. The van der Waals surface area contributed by atoms with Gasteiger partial charge in [-0.1, -0.05) is 0 Å². The minimum Gasteiger partial charge on any atom is -0.352 e. The molecular weight excluding hydrogens is 689 g/mol. The van der Waals surface area contributed by atoms with E-state index in [9.17, 15) is 0 Å². The van der Waals surface area contributed by atoms with Gasteiger partial charge in [0.25, 0.3) is 0 Å². The number of aryl methyl sites for hydroxylation is 12. The number of allylic oxidation sites excluding steroid dienone is 4. The van der Waals surface area contributed by atoms with E-state index in [4.69, 9.17) is 9.97 Å². The molecule has 2 aliphatic heterocycles. The third-order valence-electron chi connectivity index (χ3n) is 14.3. The Labute approximate surface area is 327 Å². The van der Waals surface area contributed by atoms with Gasteiger partial charge in [-0.25, -0.2) is 9.97 Å². The normalized spacial score (nSPS) is 13.6. The molecule has 0 spiro atoms. The van der Waals surface area contributed by atoms with Gasteiger partial charge in [0.2, 0.25) is 0 Å². The van der Waals surface area contributed by atoms with Gasteiger partial charge in [0.1, 0.15) is 0 Å². The lowest BCUT2D eigenvalue weighted by Gasteiger charge is -1.97. The van der Waals surface area contributed by atoms with Crippen LogP contribution in [0.3, 0.4) is 0 Å². The van der Waals surface area contributed by atoms with E-state index in [1.165, 1.54) is 89.1 Å². The molecule has 6 N–H and O–H groups in total. The molecule has 0 aliphatic carbocycles. The second-order valence-corrected chi connectivity index (χ2v) is 16.9. The molecular formula is C48H54N8. The van der Waals surface area contributed by atoms with Crippen LogP contribution in [0.5, 0.6) is 0 Å². The minimum atomic E-state index is 1.00. The van der Waals surface area contributed by atoms with Crippen molar-refractivity contribution in [3.8, 4) is 0 Å². The van der Waals surface area contributed by atoms with Gasteiger partial charge in [-0.05, 0) is 200 Å². The van der Waals surface area contributed by atoms with Gasteiger partial charge in [0.05, 0.1) is 89.0 Å². The first-order chi connectivity index (χ1) is 26.4. The lowest BCUT2D eigenvalue weighted by molar-refractivity contribution is 1.28. The summed E-state index contributed by atoms with van der Waals surface area (Å²) in [5.74, 6) is 0. The van der Waals surface area contributed by atoms with Crippen LogP contribution in [0.1, 0.15) is 117 Å². The monoisotopic (exact) mass is 742 g/mol. The first-order valence-electron chi connectivity index (χ1n) is 19.9. The summed E-state index contributed by atoms with van der Waals surface area (Å²) in [5, 5.41) is 0. The maximum atomic E-state index is 5.44. The van der Waals surface area contributed by atoms with Crippen LogP contribution in [0.2, 0.25) is 0 Å². The number of nitrogens with one attached hydrogen (secondary N) is 6. The molecule has 7 aromatic heterocycles. The molecule has 16 bridgehead atoms. The standard InChI is InChI=1S/C48H54N8/c1-17-18(2)34-36-21(5)22(6)39(51-36)40-25(9)26(10)43(53-40)44-29(13)30(14)47(55-44)48-32(16)31(15)46(56-48)45-28(12)27(11)42(54-45)41-24(8)23(7)38(52-41)37-20(4)19(3)35(50-37)33(17)49-34/h49-51,54-56H,1-16H3. The number of aromatic amines is 6. The van der Waals surface area contributed by atoms with Gasteiger partial charge in [0.15, 0.2) is 0 Å². The molecule has 0 unspecified atom stereocenters. The van der Waals surface area contributed by atoms with Crippen LogP contribution >= 0.6 is 0 Å². The Kier molecular flexibility index (Phi) is 7.61. The van der Waals surface area contributed by atoms with E-state index in [1.807, 2.05) is 0 Å². The van der Waals surface area contributed by atoms with E-state index >= 15 is 0 Å². The summed E-state index contributed by atoms with van der Waals surface area (Å²) in [7, 11) is 0. The van der Waals surface area contributed by atoms with E-state index in [0.717, 1.165) is 89.0 Å². The maximum absolute atomic E-state index is 5.44. The SMILES string of the molecule is CC1=C(C)c2nc1c1[nH]c(c(C)c1C)c1[nH]c(c(C)c1C)c1[nH]c(c3nc(c4[nH]c(c(C)c4C)c4[nH]c(c(C)c4C)c4[nH]c2c(C)c4C)C(C)=C3C)c(C)c1C. The van der Waals surface area contributed by atoms with Crippen LogP contribution in [0, 0.1) is 83.1 Å². The van der Waals surface area contributed by atoms with Crippen LogP contribution in [0.4, 0.5) is 0 Å². The second kappa shape index (κ2) is 11.9. The highest BCUT2D eigenvalue weighted by molar-refractivity contribution is 6.05. The van der Waals surface area contributed by atoms with Crippen molar-refractivity contribution in [2.45, 2.75) is 111 Å². The highest BCUT2D eigenvalue weighted by Crippen LogP contribution is 2.41. The van der Waals surface area contributed by atoms with Gasteiger partial charge in [0, 0.05) is 0 Å². The first-order valence-corrected chi connectivity index (χ1v) is 19.9. The highest BCUT2D eigenvalue weighted by atomic mass is 14.9. The number of rotatable bonds is 0. The molecule has 56 heavy (non-hydrogen) atoms. The number of hydrogen-bond donors (Lipinski definition) is 6. The molecule has 8 heteroatoms. The first kappa shape index (κ1) is 35.9. The molecule has 286 valence electrons. The van der Waals surface area contributed by atoms with Crippen LogP contribution in [0.15, 0.2) is 0 Å². The quantitative estimate of drug-likeness (QED) is 0.0927. The van der Waals surface area contributed by atoms with Crippen LogP contribution in [-0.4, -0.2) is 39.9 Å². The third kappa shape index (κ3) is 4.53. The van der Waals surface area contributed by atoms with Crippen LogP contribution in [0.25, 0.3) is 88.5 Å². The summed E-state index contributed by atoms with van der Waals surface area (Å²) in [6, 6.07) is 0. The summed E-state index contributed by atoms with van der Waals surface area (Å²) in [4.78, 5) is 34.2. The number of aromatic nitrogens is 8. The molecule has 0 aromatic carbocycles. The zero-order chi connectivity index (χ0) is 40.1.